The van der Waals surface area contributed by atoms with Crippen LogP contribution in [0.15, 0.2) is 36.4 Å². The molecule has 2 heterocycles. The molecule has 6 N–H and O–H groups in total. The molecule has 10 nitrogen and oxygen atoms in total. The van der Waals surface area contributed by atoms with Gasteiger partial charge in [0.15, 0.2) is 0 Å². The summed E-state index contributed by atoms with van der Waals surface area (Å²) in [6.45, 7) is 6.58. The third-order valence-corrected chi connectivity index (χ3v) is 6.89. The second-order valence-electron chi connectivity index (χ2n) is 9.12. The van der Waals surface area contributed by atoms with Crippen LogP contribution in [0.3, 0.4) is 0 Å². The number of nitrogens with zero attached hydrogens (tertiary/aromatic N) is 2. The number of urea groups is 1. The van der Waals surface area contributed by atoms with Crippen molar-refractivity contribution >= 4 is 53.8 Å². The molecule has 214 valence electrons. The predicted molar refractivity (Wildman–Crippen MR) is 161 cm³/mol. The molecule has 2 unspecified atom stereocenters. The van der Waals surface area contributed by atoms with Gasteiger partial charge in [0, 0.05) is 56.5 Å². The Bertz CT molecular complexity index is 1090. The van der Waals surface area contributed by atoms with Crippen LogP contribution in [0.25, 0.3) is 0 Å². The molecule has 0 radical (unpaired) electrons. The molecule has 2 aromatic rings. The summed E-state index contributed by atoms with van der Waals surface area (Å²) in [5.41, 5.74) is 3.93. The number of halogens is 3. The fourth-order valence-corrected chi connectivity index (χ4v) is 4.69. The number of nitriles is 1. The molecule has 13 heteroatoms. The van der Waals surface area contributed by atoms with E-state index in [1.807, 2.05) is 6.07 Å². The fraction of sp³-hybridized carbons (Fsp3) is 0.462. The van der Waals surface area contributed by atoms with Crippen LogP contribution in [-0.4, -0.2) is 71.2 Å². The molecule has 0 aliphatic carbocycles. The lowest BCUT2D eigenvalue weighted by molar-refractivity contribution is 0.241. The van der Waals surface area contributed by atoms with Gasteiger partial charge in [0.2, 0.25) is 0 Å². The van der Waals surface area contributed by atoms with Gasteiger partial charge in [-0.1, -0.05) is 23.7 Å². The number of rotatable bonds is 9. The van der Waals surface area contributed by atoms with Gasteiger partial charge in [0.1, 0.15) is 11.8 Å². The summed E-state index contributed by atoms with van der Waals surface area (Å²) in [5, 5.41) is 28.2. The smallest absolute Gasteiger partial charge is 0.320 e. The van der Waals surface area contributed by atoms with Crippen LogP contribution in [-0.2, 0) is 13.0 Å². The van der Waals surface area contributed by atoms with Gasteiger partial charge in [-0.25, -0.2) is 4.79 Å². The minimum Gasteiger partial charge on any atom is -0.495 e. The van der Waals surface area contributed by atoms with Crippen molar-refractivity contribution in [2.75, 3.05) is 63.1 Å². The van der Waals surface area contributed by atoms with Crippen molar-refractivity contribution in [1.82, 2.24) is 26.6 Å². The van der Waals surface area contributed by atoms with Crippen LogP contribution >= 0.6 is 36.4 Å². The minimum atomic E-state index is -0.388. The Morgan fingerprint density at radius 1 is 1.15 bits per heavy atom. The number of anilines is 2. The number of hydrogen-bond donors (Lipinski definition) is 6. The van der Waals surface area contributed by atoms with E-state index in [2.05, 4.69) is 67.1 Å². The largest absolute Gasteiger partial charge is 0.495 e. The van der Waals surface area contributed by atoms with Gasteiger partial charge < -0.3 is 30.9 Å². The molecule has 0 aromatic heterocycles. The first-order chi connectivity index (χ1) is 18.1. The standard InChI is InChI=1S/C26H35ClN8O2.2ClH/c1-37-24-12-19(6-7-30-15-18-2-4-21(5-3-18)35-10-8-29-9-11-35)22(27)13-23(24)33-26(36)34-25-17-31-20(14-28)16-32-25;;/h2-5,12-13,20,25,29-32H,6-11,15-17H2,1H3,(H2,33,34,36);2*1H. The number of benzene rings is 2. The number of piperazine rings is 2. The van der Waals surface area contributed by atoms with Crippen molar-refractivity contribution in [3.63, 3.8) is 0 Å². The Morgan fingerprint density at radius 3 is 2.54 bits per heavy atom. The van der Waals surface area contributed by atoms with E-state index in [0.717, 1.165) is 51.3 Å². The van der Waals surface area contributed by atoms with E-state index in [4.69, 9.17) is 21.6 Å². The van der Waals surface area contributed by atoms with E-state index in [-0.39, 0.29) is 43.1 Å². The monoisotopic (exact) mass is 598 g/mol. The Kier molecular flexibility index (Phi) is 13.9. The summed E-state index contributed by atoms with van der Waals surface area (Å²) >= 11 is 6.54. The highest BCUT2D eigenvalue weighted by Crippen LogP contribution is 2.31. The molecule has 4 rings (SSSR count). The molecule has 0 bridgehead atoms. The van der Waals surface area contributed by atoms with Gasteiger partial charge in [-0.2, -0.15) is 5.26 Å². The SMILES string of the molecule is COc1cc(CCNCc2ccc(N3CCNCC3)cc2)c(Cl)cc1NC(=O)NC1CNC(C#N)CN1.Cl.Cl. The van der Waals surface area contributed by atoms with Crippen LogP contribution in [0.5, 0.6) is 5.75 Å². The van der Waals surface area contributed by atoms with Crippen molar-refractivity contribution in [2.45, 2.75) is 25.2 Å². The first-order valence-electron chi connectivity index (χ1n) is 12.6. The van der Waals surface area contributed by atoms with Crippen molar-refractivity contribution in [1.29, 1.82) is 5.26 Å². The number of nitrogens with one attached hydrogen (secondary N) is 6. The summed E-state index contributed by atoms with van der Waals surface area (Å²) in [5.74, 6) is 0.539. The van der Waals surface area contributed by atoms with Gasteiger partial charge >= 0.3 is 6.03 Å². The molecular formula is C26H37Cl3N8O2. The third kappa shape index (κ3) is 9.58. The summed E-state index contributed by atoms with van der Waals surface area (Å²) in [6, 6.07) is 13.8. The molecule has 2 fully saturated rings. The Hall–Kier alpha value is -2.49. The van der Waals surface area contributed by atoms with Crippen LogP contribution in [0, 0.1) is 11.3 Å². The lowest BCUT2D eigenvalue weighted by Crippen LogP contribution is -2.61. The van der Waals surface area contributed by atoms with E-state index < -0.39 is 0 Å². The number of methoxy groups -OCH3 is 1. The topological polar surface area (TPSA) is 126 Å². The molecule has 2 atom stereocenters. The van der Waals surface area contributed by atoms with E-state index in [0.29, 0.717) is 29.5 Å². The maximum absolute atomic E-state index is 12.5. The number of hydrogen-bond acceptors (Lipinski definition) is 8. The Morgan fingerprint density at radius 2 is 1.90 bits per heavy atom. The van der Waals surface area contributed by atoms with E-state index in [1.165, 1.54) is 11.3 Å². The molecular weight excluding hydrogens is 563 g/mol. The number of ether oxygens (including phenoxy) is 1. The molecule has 2 aromatic carbocycles. The van der Waals surface area contributed by atoms with Crippen molar-refractivity contribution in [3.05, 3.63) is 52.5 Å². The van der Waals surface area contributed by atoms with Gasteiger partial charge in [0.25, 0.3) is 0 Å². The third-order valence-electron chi connectivity index (χ3n) is 6.53. The maximum Gasteiger partial charge on any atom is 0.320 e. The lowest BCUT2D eigenvalue weighted by Gasteiger charge is -2.29. The van der Waals surface area contributed by atoms with Crippen LogP contribution in [0.2, 0.25) is 5.02 Å². The molecule has 0 saturated carbocycles. The summed E-state index contributed by atoms with van der Waals surface area (Å²) in [7, 11) is 1.56. The average Bonchev–Trinajstić information content (AvgIpc) is 2.93. The van der Waals surface area contributed by atoms with Gasteiger partial charge in [-0.05, 0) is 48.4 Å². The molecule has 2 saturated heterocycles. The van der Waals surface area contributed by atoms with Crippen LogP contribution < -0.4 is 41.5 Å². The number of carbonyl (C=O) groups is 1. The zero-order valence-corrected chi connectivity index (χ0v) is 24.3. The normalized spacial score (nSPS) is 18.6. The van der Waals surface area contributed by atoms with Crippen LogP contribution in [0.1, 0.15) is 11.1 Å². The van der Waals surface area contributed by atoms with E-state index in [9.17, 15) is 4.79 Å². The van der Waals surface area contributed by atoms with Crippen molar-refractivity contribution in [2.24, 2.45) is 0 Å². The summed E-state index contributed by atoms with van der Waals surface area (Å²) in [4.78, 5) is 14.9. The summed E-state index contributed by atoms with van der Waals surface area (Å²) in [6.07, 6.45) is 0.438. The van der Waals surface area contributed by atoms with Crippen LogP contribution in [0.4, 0.5) is 16.2 Å². The van der Waals surface area contributed by atoms with Gasteiger partial charge in [-0.15, -0.1) is 24.8 Å². The first-order valence-corrected chi connectivity index (χ1v) is 13.0. The molecule has 2 aliphatic heterocycles. The fourth-order valence-electron chi connectivity index (χ4n) is 4.43. The second-order valence-corrected chi connectivity index (χ2v) is 9.53. The highest BCUT2D eigenvalue weighted by atomic mass is 35.5. The van der Waals surface area contributed by atoms with Crippen molar-refractivity contribution < 1.29 is 9.53 Å². The molecule has 39 heavy (non-hydrogen) atoms. The van der Waals surface area contributed by atoms with Gasteiger partial charge in [0.05, 0.1) is 25.0 Å². The Labute approximate surface area is 247 Å². The number of amides is 2. The highest BCUT2D eigenvalue weighted by molar-refractivity contribution is 6.31. The van der Waals surface area contributed by atoms with Crippen molar-refractivity contribution in [3.8, 4) is 11.8 Å². The zero-order valence-electron chi connectivity index (χ0n) is 21.9. The maximum atomic E-state index is 12.5. The van der Waals surface area contributed by atoms with E-state index in [1.54, 1.807) is 13.2 Å². The first kappa shape index (κ1) is 32.7. The van der Waals surface area contributed by atoms with E-state index >= 15 is 0 Å². The average molecular weight is 600 g/mol. The second kappa shape index (κ2) is 16.6. The zero-order chi connectivity index (χ0) is 26.0. The predicted octanol–water partition coefficient (Wildman–Crippen LogP) is 2.47. The van der Waals surface area contributed by atoms with Gasteiger partial charge in [-0.3, -0.25) is 10.6 Å². The molecule has 0 spiro atoms. The lowest BCUT2D eigenvalue weighted by atomic mass is 10.1. The quantitative estimate of drug-likeness (QED) is 0.243. The molecule has 2 aliphatic rings. The minimum absolute atomic E-state index is 0. The summed E-state index contributed by atoms with van der Waals surface area (Å²) < 4.78 is 5.50. The molecule has 2 amide bonds. The highest BCUT2D eigenvalue weighted by Gasteiger charge is 2.21. The number of carbonyl (C=O) groups excluding carboxylic acids is 1. The Balaban J connectivity index is 0.00000267.